The molecule has 0 aromatic heterocycles. The van der Waals surface area contributed by atoms with Crippen molar-refractivity contribution in [2.24, 2.45) is 4.99 Å². The van der Waals surface area contributed by atoms with Gasteiger partial charge in [0, 0.05) is 40.3 Å². The number of aliphatic imine (C=N–C) groups is 1. The molecule has 1 amide bonds. The van der Waals surface area contributed by atoms with Crippen molar-refractivity contribution in [3.8, 4) is 0 Å². The number of aryl methyl sites for hydroxylation is 1. The predicted molar refractivity (Wildman–Crippen MR) is 120 cm³/mol. The molecule has 0 bridgehead atoms. The van der Waals surface area contributed by atoms with E-state index in [1.54, 1.807) is 19.0 Å². The van der Waals surface area contributed by atoms with Gasteiger partial charge in [-0.2, -0.15) is 0 Å². The number of rotatable bonds is 7. The summed E-state index contributed by atoms with van der Waals surface area (Å²) in [4.78, 5) is 20.4. The molecule has 0 atom stereocenters. The number of carbonyl (C=O) groups excluding carboxylic acids is 1. The van der Waals surface area contributed by atoms with Crippen LogP contribution in [-0.4, -0.2) is 81.7 Å². The maximum atomic E-state index is 11.8. The third-order valence-electron chi connectivity index (χ3n) is 4.27. The maximum Gasteiger partial charge on any atom is 0.241 e. The van der Waals surface area contributed by atoms with Crippen molar-refractivity contribution in [3.63, 3.8) is 0 Å². The van der Waals surface area contributed by atoms with Crippen molar-refractivity contribution >= 4 is 35.8 Å². The molecule has 0 aliphatic carbocycles. The van der Waals surface area contributed by atoms with Gasteiger partial charge in [0.1, 0.15) is 0 Å². The fraction of sp³-hybridized carbons (Fsp3) is 0.579. The van der Waals surface area contributed by atoms with Gasteiger partial charge in [0.2, 0.25) is 5.91 Å². The number of halogens is 1. The molecule has 7 nitrogen and oxygen atoms in total. The zero-order chi connectivity index (χ0) is 18.8. The van der Waals surface area contributed by atoms with Crippen molar-refractivity contribution in [1.82, 2.24) is 20.4 Å². The maximum absolute atomic E-state index is 11.8. The van der Waals surface area contributed by atoms with Gasteiger partial charge in [0.25, 0.3) is 0 Å². The number of hydrogen-bond acceptors (Lipinski definition) is 4. The van der Waals surface area contributed by atoms with Gasteiger partial charge < -0.3 is 20.3 Å². The van der Waals surface area contributed by atoms with E-state index >= 15 is 0 Å². The Balaban J connectivity index is 0.00000364. The summed E-state index contributed by atoms with van der Waals surface area (Å²) < 4.78 is 5.37. The number of nitrogens with one attached hydrogen (secondary N) is 2. The Hall–Kier alpha value is -1.39. The minimum atomic E-state index is 0. The number of likely N-dealkylation sites (N-methyl/N-ethyl adjacent to an activating group) is 1. The van der Waals surface area contributed by atoms with E-state index in [1.807, 2.05) is 0 Å². The van der Waals surface area contributed by atoms with Crippen LogP contribution in [0.4, 0.5) is 0 Å². The van der Waals surface area contributed by atoms with Crippen molar-refractivity contribution in [1.29, 1.82) is 0 Å². The summed E-state index contributed by atoms with van der Waals surface area (Å²) in [5.74, 6) is 0.678. The molecule has 8 heteroatoms. The number of guanidine groups is 1. The number of amides is 1. The van der Waals surface area contributed by atoms with E-state index in [9.17, 15) is 4.79 Å². The Kier molecular flexibility index (Phi) is 11.3. The summed E-state index contributed by atoms with van der Waals surface area (Å²) in [7, 11) is 3.50. The Labute approximate surface area is 179 Å². The van der Waals surface area contributed by atoms with Crippen molar-refractivity contribution in [3.05, 3.63) is 35.4 Å². The molecule has 0 radical (unpaired) electrons. The molecule has 0 saturated carbocycles. The minimum absolute atomic E-state index is 0. The van der Waals surface area contributed by atoms with Gasteiger partial charge in [0.05, 0.1) is 26.3 Å². The zero-order valence-corrected chi connectivity index (χ0v) is 18.9. The summed E-state index contributed by atoms with van der Waals surface area (Å²) in [5, 5.41) is 6.45. The standard InChI is InChI=1S/C19H31N5O2.HI/c1-16-4-6-17(7-5-16)14-21-19(22-15-18(25)23(2)3)20-8-9-24-10-12-26-13-11-24;/h4-7H,8-15H2,1-3H3,(H2,20,21,22);1H. The number of carbonyl (C=O) groups is 1. The predicted octanol–water partition coefficient (Wildman–Crippen LogP) is 1.07. The lowest BCUT2D eigenvalue weighted by atomic mass is 10.1. The largest absolute Gasteiger partial charge is 0.379 e. The summed E-state index contributed by atoms with van der Waals surface area (Å²) in [6, 6.07) is 8.32. The Morgan fingerprint density at radius 3 is 2.48 bits per heavy atom. The molecule has 0 unspecified atom stereocenters. The number of nitrogens with zero attached hydrogens (tertiary/aromatic N) is 3. The molecule has 1 aliphatic heterocycles. The molecule has 27 heavy (non-hydrogen) atoms. The first-order valence-electron chi connectivity index (χ1n) is 9.12. The molecular formula is C19H32IN5O2. The summed E-state index contributed by atoms with van der Waals surface area (Å²) in [6.45, 7) is 8.09. The zero-order valence-electron chi connectivity index (χ0n) is 16.5. The van der Waals surface area contributed by atoms with E-state index in [0.717, 1.165) is 45.0 Å². The second kappa shape index (κ2) is 12.9. The molecule has 2 rings (SSSR count). The van der Waals surface area contributed by atoms with Crippen LogP contribution in [0.1, 0.15) is 11.1 Å². The third-order valence-corrected chi connectivity index (χ3v) is 4.27. The number of benzene rings is 1. The monoisotopic (exact) mass is 489 g/mol. The van der Waals surface area contributed by atoms with Crippen LogP contribution in [0, 0.1) is 6.92 Å². The lowest BCUT2D eigenvalue weighted by molar-refractivity contribution is -0.127. The molecule has 2 N–H and O–H groups in total. The van der Waals surface area contributed by atoms with Crippen LogP contribution >= 0.6 is 24.0 Å². The molecule has 1 aliphatic rings. The molecular weight excluding hydrogens is 457 g/mol. The number of ether oxygens (including phenoxy) is 1. The molecule has 0 spiro atoms. The van der Waals surface area contributed by atoms with Crippen LogP contribution < -0.4 is 10.6 Å². The van der Waals surface area contributed by atoms with Gasteiger partial charge in [-0.3, -0.25) is 9.69 Å². The smallest absolute Gasteiger partial charge is 0.241 e. The van der Waals surface area contributed by atoms with Gasteiger partial charge in [-0.25, -0.2) is 4.99 Å². The van der Waals surface area contributed by atoms with E-state index in [-0.39, 0.29) is 36.4 Å². The highest BCUT2D eigenvalue weighted by atomic mass is 127. The molecule has 1 saturated heterocycles. The van der Waals surface area contributed by atoms with E-state index in [1.165, 1.54) is 5.56 Å². The van der Waals surface area contributed by atoms with Crippen LogP contribution in [0.5, 0.6) is 0 Å². The van der Waals surface area contributed by atoms with Gasteiger partial charge >= 0.3 is 0 Å². The Morgan fingerprint density at radius 1 is 1.19 bits per heavy atom. The second-order valence-electron chi connectivity index (χ2n) is 6.67. The molecule has 1 aromatic rings. The lowest BCUT2D eigenvalue weighted by Gasteiger charge is -2.26. The highest BCUT2D eigenvalue weighted by Crippen LogP contribution is 2.04. The van der Waals surface area contributed by atoms with Crippen molar-refractivity contribution in [2.45, 2.75) is 13.5 Å². The van der Waals surface area contributed by atoms with Crippen LogP contribution in [0.25, 0.3) is 0 Å². The normalized spacial score (nSPS) is 15.0. The van der Waals surface area contributed by atoms with Gasteiger partial charge in [-0.15, -0.1) is 24.0 Å². The highest BCUT2D eigenvalue weighted by molar-refractivity contribution is 14.0. The Bertz CT molecular complexity index is 586. The average molecular weight is 489 g/mol. The SMILES string of the molecule is Cc1ccc(CN=C(NCCN2CCOCC2)NCC(=O)N(C)C)cc1.I. The highest BCUT2D eigenvalue weighted by Gasteiger charge is 2.10. The fourth-order valence-corrected chi connectivity index (χ4v) is 2.51. The summed E-state index contributed by atoms with van der Waals surface area (Å²) in [5.41, 5.74) is 2.38. The molecule has 1 heterocycles. The van der Waals surface area contributed by atoms with Crippen molar-refractivity contribution in [2.75, 3.05) is 60.0 Å². The van der Waals surface area contributed by atoms with Crippen molar-refractivity contribution < 1.29 is 9.53 Å². The van der Waals surface area contributed by atoms with Gasteiger partial charge in [-0.05, 0) is 12.5 Å². The fourth-order valence-electron chi connectivity index (χ4n) is 2.51. The first-order chi connectivity index (χ1) is 12.5. The summed E-state index contributed by atoms with van der Waals surface area (Å²) >= 11 is 0. The minimum Gasteiger partial charge on any atom is -0.379 e. The van der Waals surface area contributed by atoms with E-state index in [0.29, 0.717) is 12.5 Å². The van der Waals surface area contributed by atoms with Crippen LogP contribution in [0.15, 0.2) is 29.3 Å². The van der Waals surface area contributed by atoms with E-state index in [2.05, 4.69) is 51.7 Å². The lowest BCUT2D eigenvalue weighted by Crippen LogP contribution is -2.46. The molecule has 1 aromatic carbocycles. The first-order valence-corrected chi connectivity index (χ1v) is 9.12. The quantitative estimate of drug-likeness (QED) is 0.341. The van der Waals surface area contributed by atoms with Crippen LogP contribution in [-0.2, 0) is 16.1 Å². The molecule has 152 valence electrons. The van der Waals surface area contributed by atoms with Crippen LogP contribution in [0.3, 0.4) is 0 Å². The number of morpholine rings is 1. The topological polar surface area (TPSA) is 69.2 Å². The van der Waals surface area contributed by atoms with Crippen LogP contribution in [0.2, 0.25) is 0 Å². The molecule has 1 fully saturated rings. The van der Waals surface area contributed by atoms with E-state index < -0.39 is 0 Å². The Morgan fingerprint density at radius 2 is 1.85 bits per heavy atom. The van der Waals surface area contributed by atoms with Gasteiger partial charge in [-0.1, -0.05) is 29.8 Å². The second-order valence-corrected chi connectivity index (χ2v) is 6.67. The van der Waals surface area contributed by atoms with Gasteiger partial charge in [0.15, 0.2) is 5.96 Å². The third kappa shape index (κ3) is 9.39. The average Bonchev–Trinajstić information content (AvgIpc) is 2.65. The van der Waals surface area contributed by atoms with E-state index in [4.69, 9.17) is 4.74 Å². The summed E-state index contributed by atoms with van der Waals surface area (Å²) in [6.07, 6.45) is 0. The number of hydrogen-bond donors (Lipinski definition) is 2. The first kappa shape index (κ1) is 23.6.